The van der Waals surface area contributed by atoms with E-state index in [4.69, 9.17) is 5.11 Å². The van der Waals surface area contributed by atoms with Crippen molar-refractivity contribution in [3.05, 3.63) is 29.6 Å². The lowest BCUT2D eigenvalue weighted by Crippen LogP contribution is -2.28. The molecule has 1 N–H and O–H groups in total. The molecule has 2 fully saturated rings. The molecule has 4 heteroatoms. The van der Waals surface area contributed by atoms with E-state index in [9.17, 15) is 4.79 Å². The standard InChI is InChI=1S/C15H20N2O2/c18-15(19)14-3-1-2-13(16-14)10-17(8-11-4-5-11)9-12-6-7-12/h1-3,11-12H,4-10H2,(H,18,19). The highest BCUT2D eigenvalue weighted by Crippen LogP contribution is 2.34. The molecular weight excluding hydrogens is 240 g/mol. The zero-order valence-electron chi connectivity index (χ0n) is 11.1. The fraction of sp³-hybridized carbons (Fsp3) is 0.600. The van der Waals surface area contributed by atoms with Crippen LogP contribution in [-0.2, 0) is 6.54 Å². The first kappa shape index (κ1) is 12.6. The second kappa shape index (κ2) is 5.29. The minimum absolute atomic E-state index is 0.148. The van der Waals surface area contributed by atoms with Crippen LogP contribution in [-0.4, -0.2) is 34.0 Å². The Labute approximate surface area is 113 Å². The molecule has 2 saturated carbocycles. The molecule has 2 aliphatic rings. The lowest BCUT2D eigenvalue weighted by molar-refractivity contribution is 0.0690. The van der Waals surface area contributed by atoms with Crippen molar-refractivity contribution in [1.29, 1.82) is 0 Å². The first-order valence-corrected chi connectivity index (χ1v) is 7.12. The second-order valence-corrected chi connectivity index (χ2v) is 5.90. The van der Waals surface area contributed by atoms with Crippen LogP contribution in [0.25, 0.3) is 0 Å². The van der Waals surface area contributed by atoms with Crippen LogP contribution >= 0.6 is 0 Å². The third kappa shape index (κ3) is 3.77. The number of nitrogens with zero attached hydrogens (tertiary/aromatic N) is 2. The van der Waals surface area contributed by atoms with E-state index >= 15 is 0 Å². The van der Waals surface area contributed by atoms with Gasteiger partial charge in [-0.2, -0.15) is 0 Å². The molecule has 1 heterocycles. The van der Waals surface area contributed by atoms with E-state index in [-0.39, 0.29) is 5.69 Å². The molecular formula is C15H20N2O2. The van der Waals surface area contributed by atoms with Crippen molar-refractivity contribution in [2.45, 2.75) is 32.2 Å². The van der Waals surface area contributed by atoms with Crippen molar-refractivity contribution in [3.8, 4) is 0 Å². The Morgan fingerprint density at radius 3 is 2.37 bits per heavy atom. The molecule has 2 aliphatic carbocycles. The molecule has 0 spiro atoms. The number of carboxylic acid groups (broad SMARTS) is 1. The van der Waals surface area contributed by atoms with Crippen LogP contribution in [0.3, 0.4) is 0 Å². The van der Waals surface area contributed by atoms with Gasteiger partial charge >= 0.3 is 5.97 Å². The van der Waals surface area contributed by atoms with E-state index in [1.165, 1.54) is 25.7 Å². The highest BCUT2D eigenvalue weighted by molar-refractivity contribution is 5.85. The number of carbonyl (C=O) groups is 1. The molecule has 1 aromatic heterocycles. The highest BCUT2D eigenvalue weighted by Gasteiger charge is 2.29. The Hall–Kier alpha value is -1.42. The molecule has 0 unspecified atom stereocenters. The predicted octanol–water partition coefficient (Wildman–Crippen LogP) is 2.40. The summed E-state index contributed by atoms with van der Waals surface area (Å²) in [6.07, 6.45) is 5.40. The Morgan fingerprint density at radius 2 is 1.84 bits per heavy atom. The average molecular weight is 260 g/mol. The SMILES string of the molecule is O=C(O)c1cccc(CN(CC2CC2)CC2CC2)n1. The zero-order valence-corrected chi connectivity index (χ0v) is 11.1. The van der Waals surface area contributed by atoms with Gasteiger partial charge in [-0.05, 0) is 49.7 Å². The first-order chi connectivity index (χ1) is 9.20. The van der Waals surface area contributed by atoms with Crippen LogP contribution in [0.5, 0.6) is 0 Å². The number of carboxylic acids is 1. The van der Waals surface area contributed by atoms with Crippen molar-refractivity contribution in [3.63, 3.8) is 0 Å². The third-order valence-corrected chi connectivity index (χ3v) is 3.84. The second-order valence-electron chi connectivity index (χ2n) is 5.90. The van der Waals surface area contributed by atoms with Crippen molar-refractivity contribution < 1.29 is 9.90 Å². The molecule has 0 amide bonds. The van der Waals surface area contributed by atoms with Gasteiger partial charge < -0.3 is 5.11 Å². The van der Waals surface area contributed by atoms with E-state index < -0.39 is 5.97 Å². The Morgan fingerprint density at radius 1 is 1.21 bits per heavy atom. The van der Waals surface area contributed by atoms with E-state index in [1.807, 2.05) is 6.07 Å². The quantitative estimate of drug-likeness (QED) is 0.818. The minimum atomic E-state index is -0.946. The molecule has 0 atom stereocenters. The van der Waals surface area contributed by atoms with Gasteiger partial charge in [0.2, 0.25) is 0 Å². The smallest absolute Gasteiger partial charge is 0.354 e. The number of rotatable bonds is 7. The van der Waals surface area contributed by atoms with Gasteiger partial charge in [0.05, 0.1) is 5.69 Å². The monoisotopic (exact) mass is 260 g/mol. The molecule has 102 valence electrons. The Bertz CT molecular complexity index is 453. The first-order valence-electron chi connectivity index (χ1n) is 7.12. The normalized spacial score (nSPS) is 18.8. The molecule has 0 saturated heterocycles. The van der Waals surface area contributed by atoms with E-state index in [0.717, 1.165) is 37.2 Å². The number of aromatic carboxylic acids is 1. The van der Waals surface area contributed by atoms with Gasteiger partial charge in [0, 0.05) is 19.6 Å². The lowest BCUT2D eigenvalue weighted by atomic mass is 10.2. The number of hydrogen-bond acceptors (Lipinski definition) is 3. The van der Waals surface area contributed by atoms with Gasteiger partial charge in [0.15, 0.2) is 0 Å². The lowest BCUT2D eigenvalue weighted by Gasteiger charge is -2.21. The van der Waals surface area contributed by atoms with Crippen molar-refractivity contribution in [2.75, 3.05) is 13.1 Å². The fourth-order valence-corrected chi connectivity index (χ4v) is 2.45. The summed E-state index contributed by atoms with van der Waals surface area (Å²) in [5.41, 5.74) is 1.02. The molecule has 0 aliphatic heterocycles. The third-order valence-electron chi connectivity index (χ3n) is 3.84. The highest BCUT2D eigenvalue weighted by atomic mass is 16.4. The van der Waals surface area contributed by atoms with Gasteiger partial charge in [-0.25, -0.2) is 9.78 Å². The number of pyridine rings is 1. The zero-order chi connectivity index (χ0) is 13.2. The molecule has 4 nitrogen and oxygen atoms in total. The van der Waals surface area contributed by atoms with Gasteiger partial charge in [0.25, 0.3) is 0 Å². The summed E-state index contributed by atoms with van der Waals surface area (Å²) < 4.78 is 0. The minimum Gasteiger partial charge on any atom is -0.477 e. The number of hydrogen-bond donors (Lipinski definition) is 1. The van der Waals surface area contributed by atoms with Gasteiger partial charge in [-0.3, -0.25) is 4.90 Å². The summed E-state index contributed by atoms with van der Waals surface area (Å²) in [5.74, 6) is 0.778. The van der Waals surface area contributed by atoms with Gasteiger partial charge in [-0.1, -0.05) is 6.07 Å². The van der Waals surface area contributed by atoms with Gasteiger partial charge in [0.1, 0.15) is 5.69 Å². The number of aromatic nitrogens is 1. The largest absolute Gasteiger partial charge is 0.477 e. The van der Waals surface area contributed by atoms with Crippen molar-refractivity contribution in [1.82, 2.24) is 9.88 Å². The fourth-order valence-electron chi connectivity index (χ4n) is 2.45. The van der Waals surface area contributed by atoms with Crippen LogP contribution in [0, 0.1) is 11.8 Å². The maximum absolute atomic E-state index is 10.9. The predicted molar refractivity (Wildman–Crippen MR) is 71.9 cm³/mol. The summed E-state index contributed by atoms with van der Waals surface area (Å²) >= 11 is 0. The summed E-state index contributed by atoms with van der Waals surface area (Å²) in [5, 5.41) is 8.98. The van der Waals surface area contributed by atoms with E-state index in [1.54, 1.807) is 12.1 Å². The van der Waals surface area contributed by atoms with Gasteiger partial charge in [-0.15, -0.1) is 0 Å². The van der Waals surface area contributed by atoms with Crippen LogP contribution in [0.2, 0.25) is 0 Å². The maximum atomic E-state index is 10.9. The maximum Gasteiger partial charge on any atom is 0.354 e. The molecule has 3 rings (SSSR count). The summed E-state index contributed by atoms with van der Waals surface area (Å²) in [6.45, 7) is 3.08. The molecule has 19 heavy (non-hydrogen) atoms. The van der Waals surface area contributed by atoms with Crippen molar-refractivity contribution in [2.24, 2.45) is 11.8 Å². The Kier molecular flexibility index (Phi) is 3.51. The van der Waals surface area contributed by atoms with Crippen LogP contribution < -0.4 is 0 Å². The average Bonchev–Trinajstić information content (AvgIpc) is 3.25. The Balaban J connectivity index is 1.65. The van der Waals surface area contributed by atoms with Crippen LogP contribution in [0.15, 0.2) is 18.2 Å². The molecule has 1 aromatic rings. The van der Waals surface area contributed by atoms with Crippen LogP contribution in [0.1, 0.15) is 41.9 Å². The summed E-state index contributed by atoms with van der Waals surface area (Å²) in [4.78, 5) is 17.6. The van der Waals surface area contributed by atoms with Crippen molar-refractivity contribution >= 4 is 5.97 Å². The van der Waals surface area contributed by atoms with Crippen LogP contribution in [0.4, 0.5) is 0 Å². The van der Waals surface area contributed by atoms with E-state index in [0.29, 0.717) is 0 Å². The molecule has 0 bridgehead atoms. The molecule has 0 aromatic carbocycles. The summed E-state index contributed by atoms with van der Waals surface area (Å²) in [7, 11) is 0. The molecule has 0 radical (unpaired) electrons. The van der Waals surface area contributed by atoms with E-state index in [2.05, 4.69) is 9.88 Å². The topological polar surface area (TPSA) is 53.4 Å². The summed E-state index contributed by atoms with van der Waals surface area (Å²) in [6, 6.07) is 5.27.